The Labute approximate surface area is 114 Å². The second-order valence-electron chi connectivity index (χ2n) is 4.93. The zero-order chi connectivity index (χ0) is 14.0. The van der Waals surface area contributed by atoms with Crippen molar-refractivity contribution in [2.45, 2.75) is 23.8 Å². The molecular formula is C13H20N2O3S. The first kappa shape index (κ1) is 14.3. The number of rotatable bonds is 4. The molecule has 0 bridgehead atoms. The minimum atomic E-state index is -3.47. The van der Waals surface area contributed by atoms with E-state index >= 15 is 0 Å². The van der Waals surface area contributed by atoms with Crippen LogP contribution in [0, 0.1) is 0 Å². The molecule has 1 heterocycles. The van der Waals surface area contributed by atoms with Crippen LogP contribution in [0.3, 0.4) is 0 Å². The first-order valence-corrected chi connectivity index (χ1v) is 7.81. The van der Waals surface area contributed by atoms with Crippen molar-refractivity contribution in [3.8, 4) is 0 Å². The fraction of sp³-hybridized carbons (Fsp3) is 0.538. The standard InChI is InChI=1S/C13H20N2O3S/c1-14(2)19(17,18)13-8-4-3-7-12(13)15-9-5-6-11(15)10-16/h3-4,7-8,11,16H,5-6,9-10H2,1-2H3. The summed E-state index contributed by atoms with van der Waals surface area (Å²) in [7, 11) is -0.412. The fourth-order valence-corrected chi connectivity index (χ4v) is 3.55. The Morgan fingerprint density at radius 3 is 2.68 bits per heavy atom. The molecule has 1 aromatic rings. The molecule has 106 valence electrons. The lowest BCUT2D eigenvalue weighted by atomic mass is 10.2. The summed E-state index contributed by atoms with van der Waals surface area (Å²) in [6.07, 6.45) is 1.87. The van der Waals surface area contributed by atoms with E-state index in [0.29, 0.717) is 10.6 Å². The maximum absolute atomic E-state index is 12.3. The Kier molecular flexibility index (Phi) is 4.13. The van der Waals surface area contributed by atoms with Crippen molar-refractivity contribution in [2.75, 3.05) is 32.1 Å². The van der Waals surface area contributed by atoms with Crippen LogP contribution < -0.4 is 4.90 Å². The van der Waals surface area contributed by atoms with Gasteiger partial charge in [-0.25, -0.2) is 12.7 Å². The van der Waals surface area contributed by atoms with Crippen LogP contribution >= 0.6 is 0 Å². The van der Waals surface area contributed by atoms with Crippen LogP contribution in [0.25, 0.3) is 0 Å². The van der Waals surface area contributed by atoms with E-state index in [0.717, 1.165) is 19.4 Å². The Balaban J connectivity index is 2.48. The van der Waals surface area contributed by atoms with Gasteiger partial charge in [0.15, 0.2) is 0 Å². The number of aliphatic hydroxyl groups excluding tert-OH is 1. The predicted molar refractivity (Wildman–Crippen MR) is 74.8 cm³/mol. The van der Waals surface area contributed by atoms with Crippen LogP contribution in [0.15, 0.2) is 29.2 Å². The smallest absolute Gasteiger partial charge is 0.244 e. The summed E-state index contributed by atoms with van der Waals surface area (Å²) in [6.45, 7) is 0.835. The summed E-state index contributed by atoms with van der Waals surface area (Å²) in [6, 6.07) is 7.00. The van der Waals surface area contributed by atoms with Crippen molar-refractivity contribution in [1.82, 2.24) is 4.31 Å². The summed E-state index contributed by atoms with van der Waals surface area (Å²) < 4.78 is 25.9. The van der Waals surface area contributed by atoms with Crippen molar-refractivity contribution >= 4 is 15.7 Å². The maximum atomic E-state index is 12.3. The minimum absolute atomic E-state index is 0.0125. The third-order valence-electron chi connectivity index (χ3n) is 3.52. The average Bonchev–Trinajstić information content (AvgIpc) is 2.86. The van der Waals surface area contributed by atoms with Gasteiger partial charge < -0.3 is 10.0 Å². The molecule has 1 saturated heterocycles. The van der Waals surface area contributed by atoms with E-state index in [1.807, 2.05) is 17.0 Å². The highest BCUT2D eigenvalue weighted by atomic mass is 32.2. The summed E-state index contributed by atoms with van der Waals surface area (Å²) in [5.41, 5.74) is 0.688. The molecule has 1 aliphatic rings. The van der Waals surface area contributed by atoms with Crippen molar-refractivity contribution < 1.29 is 13.5 Å². The molecule has 1 fully saturated rings. The molecule has 6 heteroatoms. The molecule has 5 nitrogen and oxygen atoms in total. The zero-order valence-corrected chi connectivity index (χ0v) is 12.1. The highest BCUT2D eigenvalue weighted by Crippen LogP contribution is 2.32. The Hall–Kier alpha value is -1.11. The lowest BCUT2D eigenvalue weighted by Crippen LogP contribution is -2.34. The molecule has 1 N–H and O–H groups in total. The largest absolute Gasteiger partial charge is 0.394 e. The van der Waals surface area contributed by atoms with Gasteiger partial charge in [-0.15, -0.1) is 0 Å². The first-order valence-electron chi connectivity index (χ1n) is 6.37. The molecule has 0 spiro atoms. The van der Waals surface area contributed by atoms with Crippen molar-refractivity contribution in [3.63, 3.8) is 0 Å². The third kappa shape index (κ3) is 2.61. The van der Waals surface area contributed by atoms with E-state index in [-0.39, 0.29) is 12.6 Å². The summed E-state index contributed by atoms with van der Waals surface area (Å²) in [5, 5.41) is 9.40. The third-order valence-corrected chi connectivity index (χ3v) is 5.38. The number of hydrogen-bond acceptors (Lipinski definition) is 4. The van der Waals surface area contributed by atoms with Gasteiger partial charge in [-0.05, 0) is 25.0 Å². The van der Waals surface area contributed by atoms with E-state index in [9.17, 15) is 13.5 Å². The van der Waals surface area contributed by atoms with Gasteiger partial charge in [-0.2, -0.15) is 0 Å². The average molecular weight is 284 g/mol. The zero-order valence-electron chi connectivity index (χ0n) is 11.3. The van der Waals surface area contributed by atoms with Gasteiger partial charge in [-0.3, -0.25) is 0 Å². The van der Waals surface area contributed by atoms with Gasteiger partial charge in [0.2, 0.25) is 10.0 Å². The molecule has 0 aliphatic carbocycles. The number of nitrogens with zero attached hydrogens (tertiary/aromatic N) is 2. The molecular weight excluding hydrogens is 264 g/mol. The topological polar surface area (TPSA) is 60.9 Å². The Morgan fingerprint density at radius 1 is 1.37 bits per heavy atom. The molecule has 0 amide bonds. The number of aliphatic hydroxyl groups is 1. The van der Waals surface area contributed by atoms with Crippen LogP contribution in [-0.2, 0) is 10.0 Å². The van der Waals surface area contributed by atoms with Gasteiger partial charge in [-0.1, -0.05) is 12.1 Å². The predicted octanol–water partition coefficient (Wildman–Crippen LogP) is 0.898. The van der Waals surface area contributed by atoms with Gasteiger partial charge >= 0.3 is 0 Å². The first-order chi connectivity index (χ1) is 8.98. The van der Waals surface area contributed by atoms with Crippen LogP contribution in [0.5, 0.6) is 0 Å². The monoisotopic (exact) mass is 284 g/mol. The van der Waals surface area contributed by atoms with Gasteiger partial charge in [0.1, 0.15) is 4.90 Å². The van der Waals surface area contributed by atoms with Gasteiger partial charge in [0, 0.05) is 20.6 Å². The lowest BCUT2D eigenvalue weighted by molar-refractivity contribution is 0.266. The van der Waals surface area contributed by atoms with E-state index in [2.05, 4.69) is 0 Å². The summed E-state index contributed by atoms with van der Waals surface area (Å²) in [5.74, 6) is 0. The van der Waals surface area contributed by atoms with Crippen LogP contribution in [-0.4, -0.2) is 51.1 Å². The second-order valence-corrected chi connectivity index (χ2v) is 7.05. The Morgan fingerprint density at radius 2 is 2.05 bits per heavy atom. The SMILES string of the molecule is CN(C)S(=O)(=O)c1ccccc1N1CCCC1CO. The number of benzene rings is 1. The van der Waals surface area contributed by atoms with Gasteiger partial charge in [0.05, 0.1) is 18.3 Å². The van der Waals surface area contributed by atoms with E-state index in [1.54, 1.807) is 12.1 Å². The highest BCUT2D eigenvalue weighted by Gasteiger charge is 2.29. The van der Waals surface area contributed by atoms with Gasteiger partial charge in [0.25, 0.3) is 0 Å². The quantitative estimate of drug-likeness (QED) is 0.892. The number of hydrogen-bond donors (Lipinski definition) is 1. The molecule has 19 heavy (non-hydrogen) atoms. The van der Waals surface area contributed by atoms with Crippen molar-refractivity contribution in [3.05, 3.63) is 24.3 Å². The van der Waals surface area contributed by atoms with E-state index in [4.69, 9.17) is 0 Å². The lowest BCUT2D eigenvalue weighted by Gasteiger charge is -2.28. The maximum Gasteiger partial charge on any atom is 0.244 e. The molecule has 0 aromatic heterocycles. The number of sulfonamides is 1. The van der Waals surface area contributed by atoms with Crippen molar-refractivity contribution in [2.24, 2.45) is 0 Å². The molecule has 0 radical (unpaired) electrons. The summed E-state index contributed by atoms with van der Waals surface area (Å²) in [4.78, 5) is 2.30. The Bertz CT molecular complexity index is 543. The normalized spacial score (nSPS) is 20.2. The molecule has 1 aliphatic heterocycles. The second kappa shape index (κ2) is 5.48. The van der Waals surface area contributed by atoms with Crippen LogP contribution in [0.2, 0.25) is 0 Å². The molecule has 1 aromatic carbocycles. The van der Waals surface area contributed by atoms with Crippen molar-refractivity contribution in [1.29, 1.82) is 0 Å². The van der Waals surface area contributed by atoms with E-state index < -0.39 is 10.0 Å². The number of anilines is 1. The molecule has 2 rings (SSSR count). The number of para-hydroxylation sites is 1. The van der Waals surface area contributed by atoms with Crippen LogP contribution in [0.1, 0.15) is 12.8 Å². The fourth-order valence-electron chi connectivity index (χ4n) is 2.45. The van der Waals surface area contributed by atoms with E-state index in [1.165, 1.54) is 18.4 Å². The summed E-state index contributed by atoms with van der Waals surface area (Å²) >= 11 is 0. The highest BCUT2D eigenvalue weighted by molar-refractivity contribution is 7.89. The molecule has 1 atom stereocenters. The minimum Gasteiger partial charge on any atom is -0.394 e. The molecule has 0 saturated carbocycles. The molecule has 1 unspecified atom stereocenters. The van der Waals surface area contributed by atoms with Crippen LogP contribution in [0.4, 0.5) is 5.69 Å².